The van der Waals surface area contributed by atoms with Crippen molar-refractivity contribution >= 4 is 17.7 Å². The number of esters is 2. The molecule has 0 aromatic carbocycles. The average molecular weight is 953 g/mol. The normalized spacial score (nSPS) is 48.9. The van der Waals surface area contributed by atoms with E-state index in [0.29, 0.717) is 31.3 Å². The van der Waals surface area contributed by atoms with Crippen LogP contribution >= 0.6 is 0 Å². The van der Waals surface area contributed by atoms with E-state index in [-0.39, 0.29) is 37.6 Å². The van der Waals surface area contributed by atoms with Gasteiger partial charge in [0.1, 0.15) is 59.7 Å². The second-order valence-electron chi connectivity index (χ2n) is 20.6. The van der Waals surface area contributed by atoms with Crippen LogP contribution in [0.2, 0.25) is 0 Å². The molecule has 0 spiro atoms. The van der Waals surface area contributed by atoms with E-state index in [2.05, 4.69) is 0 Å². The minimum Gasteiger partial charge on any atom is -0.458 e. The zero-order valence-electron chi connectivity index (χ0n) is 41.2. The second-order valence-corrected chi connectivity index (χ2v) is 20.6. The molecular weight excluding hydrogens is 877 g/mol. The first kappa shape index (κ1) is 52.4. The third kappa shape index (κ3) is 9.01. The van der Waals surface area contributed by atoms with Crippen LogP contribution in [0.1, 0.15) is 114 Å². The minimum atomic E-state index is -1.88. The van der Waals surface area contributed by atoms with Gasteiger partial charge < -0.3 is 72.5 Å². The van der Waals surface area contributed by atoms with Crippen molar-refractivity contribution in [1.82, 2.24) is 0 Å². The van der Waals surface area contributed by atoms with Crippen LogP contribution in [0.5, 0.6) is 0 Å². The molecule has 22 unspecified atom stereocenters. The highest BCUT2D eigenvalue weighted by Gasteiger charge is 2.80. The molecule has 6 fully saturated rings. The Balaban J connectivity index is 1.04. The van der Waals surface area contributed by atoms with Crippen LogP contribution in [0.3, 0.4) is 0 Å². The van der Waals surface area contributed by atoms with Crippen molar-refractivity contribution in [2.45, 2.75) is 223 Å². The Kier molecular flexibility index (Phi) is 15.6. The fourth-order valence-electron chi connectivity index (χ4n) is 13.3. The summed E-state index contributed by atoms with van der Waals surface area (Å²) in [5.41, 5.74) is -4.78. The molecule has 3 aliphatic heterocycles. The molecule has 4 N–H and O–H groups in total. The standard InChI is InChI=1S/C49H76O18/c1-13-23(2)44(54)67-43-41(63-28(7)51)42-46(8)17-15-30(20-29(46)14-18-48(42,55)49(56)19-16-31(24(3)50)47(43,49)9)64-34-21-32(57-10)38(26(5)60-34)65-35-22-33(58-11)39(27(6)61-35)66-45-37(53)40(59-12)36(52)25(4)62-45/h13-14,25-27,30-43,45,52-53,55-56H,15-22H2,1-12H3. The molecule has 18 nitrogen and oxygen atoms in total. The highest BCUT2D eigenvalue weighted by Crippen LogP contribution is 2.70. The number of methoxy groups -OCH3 is 3. The molecule has 3 saturated heterocycles. The van der Waals surface area contributed by atoms with Gasteiger partial charge >= 0.3 is 11.9 Å². The number of carbonyl (C=O) groups excluding carboxylic acids is 3. The molecule has 7 aliphatic rings. The lowest BCUT2D eigenvalue weighted by molar-refractivity contribution is -0.352. The molecule has 380 valence electrons. The molecule has 18 heteroatoms. The van der Waals surface area contributed by atoms with Gasteiger partial charge in [0.25, 0.3) is 0 Å². The number of carbonyl (C=O) groups is 3. The molecule has 3 heterocycles. The van der Waals surface area contributed by atoms with Gasteiger partial charge in [-0.1, -0.05) is 31.6 Å². The number of aliphatic hydroxyl groups is 4. The van der Waals surface area contributed by atoms with Gasteiger partial charge in [-0.05, 0) is 85.5 Å². The Morgan fingerprint density at radius 2 is 1.36 bits per heavy atom. The number of Topliss-reactive ketones (excluding diaryl/α,β-unsaturated/α-hetero) is 1. The van der Waals surface area contributed by atoms with Crippen LogP contribution in [0.4, 0.5) is 0 Å². The van der Waals surface area contributed by atoms with E-state index >= 15 is 0 Å². The summed E-state index contributed by atoms with van der Waals surface area (Å²) < 4.78 is 67.8. The quantitative estimate of drug-likeness (QED) is 0.118. The largest absolute Gasteiger partial charge is 0.458 e. The van der Waals surface area contributed by atoms with E-state index in [1.165, 1.54) is 21.0 Å². The lowest BCUT2D eigenvalue weighted by Crippen LogP contribution is -2.80. The number of allylic oxidation sites excluding steroid dienone is 1. The van der Waals surface area contributed by atoms with Gasteiger partial charge in [0.15, 0.2) is 18.9 Å². The van der Waals surface area contributed by atoms with Crippen molar-refractivity contribution in [2.75, 3.05) is 21.3 Å². The highest BCUT2D eigenvalue weighted by molar-refractivity contribution is 5.88. The molecule has 0 amide bonds. The van der Waals surface area contributed by atoms with E-state index in [1.807, 2.05) is 26.8 Å². The maximum Gasteiger partial charge on any atom is 0.333 e. The second kappa shape index (κ2) is 20.0. The molecule has 0 radical (unpaired) electrons. The summed E-state index contributed by atoms with van der Waals surface area (Å²) in [6.45, 7) is 15.1. The van der Waals surface area contributed by atoms with Crippen LogP contribution in [0.25, 0.3) is 0 Å². The maximum absolute atomic E-state index is 13.6. The van der Waals surface area contributed by atoms with Crippen molar-refractivity contribution in [3.05, 3.63) is 23.3 Å². The first-order chi connectivity index (χ1) is 31.5. The SMILES string of the molecule is CC=C(C)C(=O)OC1C(OC(C)=O)C2C3(C)CCC(OC4CC(OC)C(OC5CC(OC)C(OC6OC(C)C(O)C(OC)C6O)C(C)O5)C(C)O4)CC3=CCC2(O)C2(O)CCC(C(C)=O)C12C. The summed E-state index contributed by atoms with van der Waals surface area (Å²) in [5.74, 6) is -3.19. The minimum absolute atomic E-state index is 0.0205. The number of rotatable bonds is 13. The van der Waals surface area contributed by atoms with Crippen LogP contribution in [-0.2, 0) is 66.5 Å². The monoisotopic (exact) mass is 953 g/mol. The topological polar surface area (TPSA) is 234 Å². The summed E-state index contributed by atoms with van der Waals surface area (Å²) >= 11 is 0. The molecule has 0 bridgehead atoms. The molecule has 0 aromatic heterocycles. The third-order valence-corrected chi connectivity index (χ3v) is 17.0. The number of ketones is 1. The van der Waals surface area contributed by atoms with Gasteiger partial charge in [-0.15, -0.1) is 0 Å². The number of hydrogen-bond donors (Lipinski definition) is 4. The molecule has 0 aromatic rings. The third-order valence-electron chi connectivity index (χ3n) is 17.0. The summed E-state index contributed by atoms with van der Waals surface area (Å²) in [5, 5.41) is 47.5. The van der Waals surface area contributed by atoms with Crippen LogP contribution < -0.4 is 0 Å². The molecule has 4 aliphatic carbocycles. The highest BCUT2D eigenvalue weighted by atomic mass is 16.8. The lowest BCUT2D eigenvalue weighted by Gasteiger charge is -2.68. The molecule has 67 heavy (non-hydrogen) atoms. The predicted octanol–water partition coefficient (Wildman–Crippen LogP) is 3.35. The first-order valence-corrected chi connectivity index (χ1v) is 24.1. The molecular formula is C49H76O18. The van der Waals surface area contributed by atoms with Gasteiger partial charge in [0.2, 0.25) is 0 Å². The van der Waals surface area contributed by atoms with Crippen molar-refractivity contribution in [3.8, 4) is 0 Å². The smallest absolute Gasteiger partial charge is 0.333 e. The van der Waals surface area contributed by atoms with Gasteiger partial charge in [-0.2, -0.15) is 0 Å². The van der Waals surface area contributed by atoms with Gasteiger partial charge in [0, 0.05) is 63.9 Å². The van der Waals surface area contributed by atoms with Crippen molar-refractivity contribution in [1.29, 1.82) is 0 Å². The summed E-state index contributed by atoms with van der Waals surface area (Å²) in [4.78, 5) is 40.0. The van der Waals surface area contributed by atoms with Crippen molar-refractivity contribution in [2.24, 2.45) is 22.7 Å². The fourth-order valence-corrected chi connectivity index (χ4v) is 13.3. The molecule has 22 atom stereocenters. The molecule has 3 saturated carbocycles. The fraction of sp³-hybridized carbons (Fsp3) is 0.857. The summed E-state index contributed by atoms with van der Waals surface area (Å²) in [6.07, 6.45) is -6.17. The van der Waals surface area contributed by atoms with E-state index < -0.39 is 138 Å². The van der Waals surface area contributed by atoms with Crippen LogP contribution in [0, 0.1) is 22.7 Å². The maximum atomic E-state index is 13.6. The van der Waals surface area contributed by atoms with Crippen molar-refractivity contribution < 1.29 is 86.9 Å². The van der Waals surface area contributed by atoms with Gasteiger partial charge in [-0.3, -0.25) is 9.59 Å². The van der Waals surface area contributed by atoms with E-state index in [4.69, 9.17) is 52.1 Å². The number of ether oxygens (including phenoxy) is 11. The Morgan fingerprint density at radius 3 is 1.93 bits per heavy atom. The Hall–Kier alpha value is -2.43. The van der Waals surface area contributed by atoms with Gasteiger partial charge in [0.05, 0.1) is 36.6 Å². The number of fused-ring (bicyclic) bond motifs is 5. The van der Waals surface area contributed by atoms with Crippen molar-refractivity contribution in [3.63, 3.8) is 0 Å². The zero-order valence-corrected chi connectivity index (χ0v) is 41.2. The first-order valence-electron chi connectivity index (χ1n) is 24.1. The lowest BCUT2D eigenvalue weighted by atomic mass is 9.42. The number of aliphatic hydroxyl groups excluding tert-OH is 2. The average Bonchev–Trinajstić information content (AvgIpc) is 3.57. The predicted molar refractivity (Wildman–Crippen MR) is 236 cm³/mol. The van der Waals surface area contributed by atoms with E-state index in [1.54, 1.807) is 48.0 Å². The Morgan fingerprint density at radius 1 is 0.746 bits per heavy atom. The number of hydrogen-bond acceptors (Lipinski definition) is 18. The summed E-state index contributed by atoms with van der Waals surface area (Å²) in [7, 11) is 4.58. The van der Waals surface area contributed by atoms with E-state index in [9.17, 15) is 34.8 Å². The van der Waals surface area contributed by atoms with E-state index in [0.717, 1.165) is 5.57 Å². The Bertz CT molecular complexity index is 1880. The van der Waals surface area contributed by atoms with Gasteiger partial charge in [-0.25, -0.2) is 4.79 Å². The molecule has 7 rings (SSSR count). The zero-order chi connectivity index (χ0) is 49.1. The van der Waals surface area contributed by atoms with Crippen LogP contribution in [-0.4, -0.2) is 169 Å². The Labute approximate surface area is 394 Å². The summed E-state index contributed by atoms with van der Waals surface area (Å²) in [6, 6.07) is 0. The van der Waals surface area contributed by atoms with Crippen LogP contribution in [0.15, 0.2) is 23.3 Å².